The van der Waals surface area contributed by atoms with E-state index in [2.05, 4.69) is 5.43 Å². The van der Waals surface area contributed by atoms with Crippen molar-refractivity contribution in [3.8, 4) is 0 Å². The fourth-order valence-electron chi connectivity index (χ4n) is 2.60. The highest BCUT2D eigenvalue weighted by atomic mass is 32.2. The molecule has 8 nitrogen and oxygen atoms in total. The molecule has 2 aromatic rings. The zero-order chi connectivity index (χ0) is 19.4. The molecule has 0 aliphatic rings. The van der Waals surface area contributed by atoms with Crippen LogP contribution in [0.2, 0.25) is 0 Å². The summed E-state index contributed by atoms with van der Waals surface area (Å²) in [5, 5.41) is 0. The predicted octanol–water partition coefficient (Wildman–Crippen LogP) is 1.02. The molecule has 2 aromatic carbocycles. The van der Waals surface area contributed by atoms with Gasteiger partial charge in [-0.15, -0.1) is 0 Å². The first-order chi connectivity index (χ1) is 12.1. The molecule has 0 amide bonds. The third-order valence-electron chi connectivity index (χ3n) is 4.01. The zero-order valence-corrected chi connectivity index (χ0v) is 15.3. The molecule has 10 heteroatoms. The second-order valence-electron chi connectivity index (χ2n) is 5.79. The molecule has 4 N–H and O–H groups in total. The third-order valence-corrected chi connectivity index (χ3v) is 5.72. The molecule has 0 aliphatic heterocycles. The van der Waals surface area contributed by atoms with Crippen molar-refractivity contribution >= 4 is 20.2 Å². The highest BCUT2D eigenvalue weighted by Crippen LogP contribution is 2.23. The molecule has 0 aromatic heterocycles. The van der Waals surface area contributed by atoms with Gasteiger partial charge in [0.05, 0.1) is 9.79 Å². The van der Waals surface area contributed by atoms with E-state index in [1.54, 1.807) is 24.3 Å². The Morgan fingerprint density at radius 3 is 1.96 bits per heavy atom. The van der Waals surface area contributed by atoms with E-state index in [0.29, 0.717) is 19.4 Å². The van der Waals surface area contributed by atoms with E-state index in [-0.39, 0.29) is 15.7 Å². The Morgan fingerprint density at radius 1 is 0.962 bits per heavy atom. The van der Waals surface area contributed by atoms with E-state index in [9.17, 15) is 21.4 Å². The molecule has 0 radical (unpaired) electrons. The topological polar surface area (TPSA) is 150 Å². The molecule has 0 heterocycles. The minimum atomic E-state index is -4.46. The molecule has 0 saturated heterocycles. The number of nitrogens with two attached hydrogens (primary N) is 1. The first-order valence-electron chi connectivity index (χ1n) is 7.67. The summed E-state index contributed by atoms with van der Waals surface area (Å²) in [4.78, 5) is -0.461. The quantitative estimate of drug-likeness (QED) is 0.338. The molecular weight excluding hydrogens is 380 g/mol. The Labute approximate surface area is 152 Å². The first kappa shape index (κ1) is 20.5. The summed E-state index contributed by atoms with van der Waals surface area (Å²) in [7, 11) is -8.71. The van der Waals surface area contributed by atoms with Gasteiger partial charge in [-0.25, -0.2) is 8.42 Å². The van der Waals surface area contributed by atoms with Crippen molar-refractivity contribution in [3.63, 3.8) is 0 Å². The normalized spacial score (nSPS) is 13.5. The Hall–Kier alpha value is -1.82. The summed E-state index contributed by atoms with van der Waals surface area (Å²) < 4.78 is 64.1. The van der Waals surface area contributed by atoms with Crippen LogP contribution in [0.5, 0.6) is 0 Å². The van der Waals surface area contributed by atoms with Gasteiger partial charge in [0.25, 0.3) is 10.1 Å². The van der Waals surface area contributed by atoms with Crippen LogP contribution in [-0.2, 0) is 26.7 Å². The number of hydrazine groups is 1. The van der Waals surface area contributed by atoms with Crippen molar-refractivity contribution in [2.75, 3.05) is 6.54 Å². The Balaban J connectivity index is 2.11. The molecule has 0 saturated carbocycles. The van der Waals surface area contributed by atoms with Crippen LogP contribution >= 0.6 is 0 Å². The van der Waals surface area contributed by atoms with Crippen molar-refractivity contribution in [3.05, 3.63) is 59.7 Å². The number of nitrogens with one attached hydrogen (secondary N) is 1. The fraction of sp³-hybridized carbons (Fsp3) is 0.250. The predicted molar refractivity (Wildman–Crippen MR) is 93.9 cm³/mol. The van der Waals surface area contributed by atoms with E-state index < -0.39 is 20.2 Å². The molecule has 2 rings (SSSR count). The van der Waals surface area contributed by atoms with Crippen LogP contribution in [-0.4, -0.2) is 32.5 Å². The van der Waals surface area contributed by atoms with Crippen LogP contribution in [0.4, 0.5) is 0 Å². The van der Waals surface area contributed by atoms with E-state index in [1.807, 2.05) is 0 Å². The number of hydrogen-bond acceptors (Lipinski definition) is 7. The van der Waals surface area contributed by atoms with E-state index in [1.165, 1.54) is 24.3 Å². The third kappa shape index (κ3) is 5.59. The van der Waals surface area contributed by atoms with Gasteiger partial charge >= 0.3 is 0 Å². The lowest BCUT2D eigenvalue weighted by atomic mass is 9.92. The molecule has 0 fully saturated rings. The average molecular weight is 399 g/mol. The molecule has 1 atom stereocenters. The average Bonchev–Trinajstić information content (AvgIpc) is 2.57. The van der Waals surface area contributed by atoms with Crippen molar-refractivity contribution in [2.24, 2.45) is 5.84 Å². The maximum Gasteiger partial charge on any atom is 0.294 e. The Bertz CT molecular complexity index is 939. The van der Waals surface area contributed by atoms with Gasteiger partial charge in [0.1, 0.15) is 10.1 Å². The number of aryl methyl sites for hydroxylation is 1. The van der Waals surface area contributed by atoms with Gasteiger partial charge in [-0.05, 0) is 54.2 Å². The van der Waals surface area contributed by atoms with Gasteiger partial charge in [0.2, 0.25) is 0 Å². The molecule has 0 spiro atoms. The van der Waals surface area contributed by atoms with Gasteiger partial charge in [0, 0.05) is 6.54 Å². The van der Waals surface area contributed by atoms with Crippen molar-refractivity contribution < 1.29 is 25.9 Å². The number of hydrogen-bond donors (Lipinski definition) is 3. The lowest BCUT2D eigenvalue weighted by molar-refractivity contribution is 0.463. The van der Waals surface area contributed by atoms with Crippen LogP contribution in [0.25, 0.3) is 0 Å². The highest BCUT2D eigenvalue weighted by Gasteiger charge is 2.14. The Morgan fingerprint density at radius 2 is 1.50 bits per heavy atom. The van der Waals surface area contributed by atoms with Gasteiger partial charge < -0.3 is 4.55 Å². The SMILES string of the molecule is NNCC(CCc1ccc(S(=O)(=O)[O-])cc1)c1ccc(S(=O)(=O)O)cc1. The van der Waals surface area contributed by atoms with Crippen molar-refractivity contribution in [1.82, 2.24) is 5.43 Å². The van der Waals surface area contributed by atoms with Gasteiger partial charge in [0.15, 0.2) is 0 Å². The number of rotatable bonds is 8. The second-order valence-corrected chi connectivity index (χ2v) is 8.59. The molecule has 26 heavy (non-hydrogen) atoms. The number of benzene rings is 2. The monoisotopic (exact) mass is 399 g/mol. The van der Waals surface area contributed by atoms with Crippen molar-refractivity contribution in [2.45, 2.75) is 28.6 Å². The van der Waals surface area contributed by atoms with Crippen LogP contribution in [0.1, 0.15) is 23.5 Å². The minimum absolute atomic E-state index is 0.0293. The van der Waals surface area contributed by atoms with Gasteiger partial charge in [-0.1, -0.05) is 24.3 Å². The zero-order valence-electron chi connectivity index (χ0n) is 13.7. The van der Waals surface area contributed by atoms with Crippen molar-refractivity contribution in [1.29, 1.82) is 0 Å². The summed E-state index contributed by atoms with van der Waals surface area (Å²) in [6.45, 7) is 0.443. The highest BCUT2D eigenvalue weighted by molar-refractivity contribution is 7.86. The van der Waals surface area contributed by atoms with E-state index >= 15 is 0 Å². The van der Waals surface area contributed by atoms with Gasteiger partial charge in [-0.3, -0.25) is 15.8 Å². The maximum atomic E-state index is 11.1. The first-order valence-corrected chi connectivity index (χ1v) is 10.5. The maximum absolute atomic E-state index is 11.1. The summed E-state index contributed by atoms with van der Waals surface area (Å²) in [5.74, 6) is 5.39. The lowest BCUT2D eigenvalue weighted by Gasteiger charge is -2.17. The van der Waals surface area contributed by atoms with Crippen LogP contribution in [0.3, 0.4) is 0 Å². The van der Waals surface area contributed by atoms with E-state index in [0.717, 1.165) is 11.1 Å². The lowest BCUT2D eigenvalue weighted by Crippen LogP contribution is -2.28. The molecule has 1 unspecified atom stereocenters. The minimum Gasteiger partial charge on any atom is -0.744 e. The molecule has 0 bridgehead atoms. The molecular formula is C16H19N2O6S2-. The summed E-state index contributed by atoms with van der Waals surface area (Å²) in [6.07, 6.45) is 1.25. The van der Waals surface area contributed by atoms with Crippen LogP contribution < -0.4 is 11.3 Å². The summed E-state index contributed by atoms with van der Waals surface area (Å²) in [5.41, 5.74) is 4.29. The second kappa shape index (κ2) is 8.25. The Kier molecular flexibility index (Phi) is 6.50. The molecule has 0 aliphatic carbocycles. The van der Waals surface area contributed by atoms with Crippen LogP contribution in [0, 0.1) is 0 Å². The molecule has 142 valence electrons. The standard InChI is InChI=1S/C16H20N2O6S2/c17-18-11-14(13-5-9-16(10-6-13)26(22,23)24)4-1-12-2-7-15(8-3-12)25(19,20)21/h2-3,5-10,14,18H,1,4,11,17H2,(H,19,20,21)(H,22,23,24)/p-1. The van der Waals surface area contributed by atoms with Gasteiger partial charge in [-0.2, -0.15) is 8.42 Å². The van der Waals surface area contributed by atoms with E-state index in [4.69, 9.17) is 10.4 Å². The summed E-state index contributed by atoms with van der Waals surface area (Å²) in [6, 6.07) is 11.6. The van der Waals surface area contributed by atoms with Crippen LogP contribution in [0.15, 0.2) is 58.3 Å². The fourth-order valence-corrected chi connectivity index (χ4v) is 3.55. The summed E-state index contributed by atoms with van der Waals surface area (Å²) >= 11 is 0. The largest absolute Gasteiger partial charge is 0.744 e. The smallest absolute Gasteiger partial charge is 0.294 e.